The Kier molecular flexibility index (Phi) is 9.38. The van der Waals surface area contributed by atoms with Crippen molar-refractivity contribution in [2.45, 2.75) is 110 Å². The Bertz CT molecular complexity index is 1140. The van der Waals surface area contributed by atoms with Crippen LogP contribution in [-0.2, 0) is 4.74 Å². The van der Waals surface area contributed by atoms with Crippen molar-refractivity contribution in [2.75, 3.05) is 0 Å². The van der Waals surface area contributed by atoms with Crippen molar-refractivity contribution in [1.29, 1.82) is 0 Å². The number of hydrogen-bond acceptors (Lipinski definition) is 6. The summed E-state index contributed by atoms with van der Waals surface area (Å²) in [5, 5.41) is 20.8. The number of hydrogen-bond donors (Lipinski definition) is 2. The van der Waals surface area contributed by atoms with Crippen LogP contribution >= 0.6 is 0 Å². The minimum absolute atomic E-state index is 0.235. The lowest BCUT2D eigenvalue weighted by atomic mass is 9.88. The molecule has 1 aliphatic carbocycles. The lowest BCUT2D eigenvalue weighted by molar-refractivity contribution is -0.0167. The average Bonchev–Trinajstić information content (AvgIpc) is 3.35. The number of carbonyl (C=O) groups excluding carboxylic acids is 1. The maximum absolute atomic E-state index is 13.4. The quantitative estimate of drug-likeness (QED) is 0.453. The average molecular weight is 548 g/mol. The first-order chi connectivity index (χ1) is 18.0. The molecule has 4 rings (SSSR count). The molecule has 1 saturated carbocycles. The molecule has 39 heavy (non-hydrogen) atoms. The van der Waals surface area contributed by atoms with Crippen LogP contribution in [-0.4, -0.2) is 48.4 Å². The molecular formula is C30H43F2N3O4. The van der Waals surface area contributed by atoms with Gasteiger partial charge in [-0.25, -0.2) is 13.6 Å². The van der Waals surface area contributed by atoms with Gasteiger partial charge in [-0.1, -0.05) is 13.8 Å². The van der Waals surface area contributed by atoms with E-state index in [0.29, 0.717) is 23.0 Å². The van der Waals surface area contributed by atoms with Crippen molar-refractivity contribution < 1.29 is 28.5 Å². The van der Waals surface area contributed by atoms with Crippen molar-refractivity contribution >= 4 is 6.09 Å². The predicted octanol–water partition coefficient (Wildman–Crippen LogP) is 6.51. The molecule has 7 nitrogen and oxygen atoms in total. The summed E-state index contributed by atoms with van der Waals surface area (Å²) < 4.78 is 31.8. The van der Waals surface area contributed by atoms with Gasteiger partial charge in [-0.2, -0.15) is 0 Å². The Morgan fingerprint density at radius 3 is 1.95 bits per heavy atom. The molecule has 9 heteroatoms. The molecular weight excluding hydrogens is 504 g/mol. The van der Waals surface area contributed by atoms with Crippen molar-refractivity contribution in [2.24, 2.45) is 11.3 Å². The van der Waals surface area contributed by atoms with Gasteiger partial charge < -0.3 is 14.9 Å². The number of carbonyl (C=O) groups is 1. The van der Waals surface area contributed by atoms with Gasteiger partial charge in [0.15, 0.2) is 0 Å². The highest BCUT2D eigenvalue weighted by Crippen LogP contribution is 2.46. The molecule has 1 amide bonds. The van der Waals surface area contributed by atoms with E-state index in [1.165, 1.54) is 18.3 Å². The molecule has 0 aromatic carbocycles. The van der Waals surface area contributed by atoms with Gasteiger partial charge in [-0.15, -0.1) is 0 Å². The standard InChI is InChI=1S/C17H25FN2O3.C13H18FNO/c1-16(2,3)23-15(22)20-13(6-7-17(20,4)5)14(21)11-8-12(18)10-19-9-11;1-13(2)4-3-9(6-13)12(16)10-5-11(14)8-15-7-10/h8-10,13-14,21H,6-7H2,1-5H3;5,7-9,12,16H,3-4,6H2,1-2H3/t13-,14-;9-,12-/m10/s1. The first-order valence-electron chi connectivity index (χ1n) is 13.6. The maximum Gasteiger partial charge on any atom is 0.411 e. The Balaban J connectivity index is 0.000000230. The van der Waals surface area contributed by atoms with Gasteiger partial charge >= 0.3 is 6.09 Å². The fourth-order valence-corrected chi connectivity index (χ4v) is 5.63. The number of aromatic nitrogens is 2. The van der Waals surface area contributed by atoms with E-state index in [0.717, 1.165) is 38.1 Å². The lowest BCUT2D eigenvalue weighted by Crippen LogP contribution is -2.50. The third-order valence-electron chi connectivity index (χ3n) is 7.58. The van der Waals surface area contributed by atoms with E-state index < -0.39 is 41.3 Å². The minimum atomic E-state index is -1.01. The van der Waals surface area contributed by atoms with Crippen LogP contribution in [0.5, 0.6) is 0 Å². The molecule has 1 saturated heterocycles. The van der Waals surface area contributed by atoms with Gasteiger partial charge in [-0.3, -0.25) is 14.9 Å². The van der Waals surface area contributed by atoms with E-state index in [4.69, 9.17) is 4.74 Å². The van der Waals surface area contributed by atoms with E-state index in [9.17, 15) is 23.8 Å². The highest BCUT2D eigenvalue weighted by Gasteiger charge is 2.47. The van der Waals surface area contributed by atoms with Crippen LogP contribution in [0.15, 0.2) is 36.9 Å². The molecule has 0 radical (unpaired) electrons. The molecule has 2 aliphatic rings. The number of ether oxygens (including phenoxy) is 1. The Morgan fingerprint density at radius 2 is 1.49 bits per heavy atom. The van der Waals surface area contributed by atoms with E-state index >= 15 is 0 Å². The van der Waals surface area contributed by atoms with Crippen LogP contribution in [0.1, 0.15) is 104 Å². The summed E-state index contributed by atoms with van der Waals surface area (Å²) in [4.78, 5) is 21.7. The number of amides is 1. The molecule has 3 heterocycles. The molecule has 0 unspecified atom stereocenters. The summed E-state index contributed by atoms with van der Waals surface area (Å²) in [7, 11) is 0. The van der Waals surface area contributed by atoms with Crippen LogP contribution < -0.4 is 0 Å². The number of aliphatic hydroxyl groups is 2. The third kappa shape index (κ3) is 8.18. The Hall–Kier alpha value is -2.65. The SMILES string of the molecule is CC(C)(C)OC(=O)N1[C@@H]([C@H](O)c2cncc(F)c2)CCC1(C)C.CC1(C)CC[C@H]([C@H](O)c2cncc(F)c2)C1. The lowest BCUT2D eigenvalue weighted by Gasteiger charge is -2.38. The van der Waals surface area contributed by atoms with Gasteiger partial charge in [-0.05, 0) is 90.2 Å². The summed E-state index contributed by atoms with van der Waals surface area (Å²) in [5.41, 5.74) is 0.205. The zero-order valence-electron chi connectivity index (χ0n) is 24.1. The summed E-state index contributed by atoms with van der Waals surface area (Å²) in [6, 6.07) is 2.16. The fraction of sp³-hybridized carbons (Fsp3) is 0.633. The van der Waals surface area contributed by atoms with Crippen molar-refractivity contribution in [3.05, 3.63) is 59.7 Å². The van der Waals surface area contributed by atoms with Crippen molar-refractivity contribution in [1.82, 2.24) is 14.9 Å². The third-order valence-corrected chi connectivity index (χ3v) is 7.58. The predicted molar refractivity (Wildman–Crippen MR) is 145 cm³/mol. The van der Waals surface area contributed by atoms with Crippen LogP contribution in [0.3, 0.4) is 0 Å². The van der Waals surface area contributed by atoms with E-state index in [-0.39, 0.29) is 11.7 Å². The second kappa shape index (κ2) is 11.8. The first-order valence-corrected chi connectivity index (χ1v) is 13.6. The minimum Gasteiger partial charge on any atom is -0.444 e. The topological polar surface area (TPSA) is 95.8 Å². The number of aliphatic hydroxyl groups excluding tert-OH is 2. The van der Waals surface area contributed by atoms with Gasteiger partial charge in [0.2, 0.25) is 0 Å². The van der Waals surface area contributed by atoms with E-state index in [1.807, 2.05) is 13.8 Å². The fourth-order valence-electron chi connectivity index (χ4n) is 5.63. The Labute approximate surface area is 230 Å². The molecule has 4 atom stereocenters. The maximum atomic E-state index is 13.4. The second-order valence-electron chi connectivity index (χ2n) is 13.2. The molecule has 2 aromatic heterocycles. The van der Waals surface area contributed by atoms with E-state index in [2.05, 4.69) is 23.8 Å². The van der Waals surface area contributed by atoms with Crippen LogP contribution in [0.25, 0.3) is 0 Å². The van der Waals surface area contributed by atoms with E-state index in [1.54, 1.807) is 31.9 Å². The van der Waals surface area contributed by atoms with Crippen LogP contribution in [0, 0.1) is 23.0 Å². The zero-order chi connectivity index (χ0) is 29.2. The number of rotatable bonds is 4. The zero-order valence-corrected chi connectivity index (χ0v) is 24.1. The highest BCUT2D eigenvalue weighted by atomic mass is 19.1. The summed E-state index contributed by atoms with van der Waals surface area (Å²) in [6.45, 7) is 13.7. The van der Waals surface area contributed by atoms with Gasteiger partial charge in [0, 0.05) is 29.1 Å². The normalized spacial score (nSPS) is 23.5. The number of pyridine rings is 2. The molecule has 2 N–H and O–H groups in total. The molecule has 0 bridgehead atoms. The van der Waals surface area contributed by atoms with Crippen LogP contribution in [0.2, 0.25) is 0 Å². The Morgan fingerprint density at radius 1 is 0.949 bits per heavy atom. The molecule has 2 fully saturated rings. The van der Waals surface area contributed by atoms with Crippen LogP contribution in [0.4, 0.5) is 13.6 Å². The highest BCUT2D eigenvalue weighted by molar-refractivity contribution is 5.70. The monoisotopic (exact) mass is 547 g/mol. The molecule has 0 spiro atoms. The van der Waals surface area contributed by atoms with Crippen molar-refractivity contribution in [3.63, 3.8) is 0 Å². The van der Waals surface area contributed by atoms with Crippen molar-refractivity contribution in [3.8, 4) is 0 Å². The summed E-state index contributed by atoms with van der Waals surface area (Å²) >= 11 is 0. The van der Waals surface area contributed by atoms with Gasteiger partial charge in [0.25, 0.3) is 0 Å². The first kappa shape index (κ1) is 30.9. The number of likely N-dealkylation sites (tertiary alicyclic amines) is 1. The van der Waals surface area contributed by atoms with Gasteiger partial charge in [0.05, 0.1) is 24.5 Å². The second-order valence-corrected chi connectivity index (χ2v) is 13.2. The number of halogens is 2. The van der Waals surface area contributed by atoms with Gasteiger partial charge in [0.1, 0.15) is 23.3 Å². The molecule has 2 aromatic rings. The summed E-state index contributed by atoms with van der Waals surface area (Å²) in [5.74, 6) is -0.657. The smallest absolute Gasteiger partial charge is 0.411 e. The molecule has 1 aliphatic heterocycles. The largest absolute Gasteiger partial charge is 0.444 e. The number of nitrogens with zero attached hydrogens (tertiary/aromatic N) is 3. The molecule has 216 valence electrons. The summed E-state index contributed by atoms with van der Waals surface area (Å²) in [6.07, 6.45) is 7.64.